The molecule has 2 aromatic rings. The van der Waals surface area contributed by atoms with Gasteiger partial charge in [0.15, 0.2) is 5.69 Å². The maximum absolute atomic E-state index is 14.3. The third kappa shape index (κ3) is 4.90. The Morgan fingerprint density at radius 1 is 1.29 bits per heavy atom. The van der Waals surface area contributed by atoms with Crippen molar-refractivity contribution in [2.75, 3.05) is 20.1 Å². The third-order valence-electron chi connectivity index (χ3n) is 6.48. The molecule has 1 amide bonds. The van der Waals surface area contributed by atoms with E-state index in [9.17, 15) is 32.3 Å². The molecular formula is C22H23ClF4N4O3. The highest BCUT2D eigenvalue weighted by Gasteiger charge is 2.41. The SMILES string of the molecule is CN1CC(CC(=O)N2CCc3c(C(F)(F)F)nn(Cc4ccc(Cl)cc4F)c3C2)CC1C(=O)O. The molecule has 12 heteroatoms. The molecule has 2 atom stereocenters. The fraction of sp³-hybridized carbons (Fsp3) is 0.500. The lowest BCUT2D eigenvalue weighted by Crippen LogP contribution is -2.38. The summed E-state index contributed by atoms with van der Waals surface area (Å²) in [4.78, 5) is 27.4. The van der Waals surface area contributed by atoms with Crippen molar-refractivity contribution >= 4 is 23.5 Å². The van der Waals surface area contributed by atoms with Gasteiger partial charge in [-0.1, -0.05) is 17.7 Å². The minimum absolute atomic E-state index is 0.0115. The van der Waals surface area contributed by atoms with Gasteiger partial charge >= 0.3 is 12.1 Å². The second-order valence-electron chi connectivity index (χ2n) is 8.83. The van der Waals surface area contributed by atoms with E-state index in [1.54, 1.807) is 11.9 Å². The normalized spacial score (nSPS) is 21.1. The zero-order valence-corrected chi connectivity index (χ0v) is 19.0. The Balaban J connectivity index is 1.55. The van der Waals surface area contributed by atoms with Gasteiger partial charge in [-0.25, -0.2) is 4.39 Å². The van der Waals surface area contributed by atoms with Crippen LogP contribution in [0.25, 0.3) is 0 Å². The van der Waals surface area contributed by atoms with Gasteiger partial charge in [0, 0.05) is 35.7 Å². The number of hydrogen-bond donors (Lipinski definition) is 1. The summed E-state index contributed by atoms with van der Waals surface area (Å²) in [7, 11) is 1.68. The largest absolute Gasteiger partial charge is 0.480 e. The molecule has 1 aromatic carbocycles. The lowest BCUT2D eigenvalue weighted by Gasteiger charge is -2.29. The molecule has 0 saturated carbocycles. The van der Waals surface area contributed by atoms with E-state index in [2.05, 4.69) is 5.10 Å². The quantitative estimate of drug-likeness (QED) is 0.634. The van der Waals surface area contributed by atoms with Crippen molar-refractivity contribution < 1.29 is 32.3 Å². The Morgan fingerprint density at radius 3 is 2.65 bits per heavy atom. The summed E-state index contributed by atoms with van der Waals surface area (Å²) in [5.41, 5.74) is -0.669. The van der Waals surface area contributed by atoms with Crippen LogP contribution in [-0.2, 0) is 35.3 Å². The molecular weight excluding hydrogens is 480 g/mol. The molecule has 2 aliphatic rings. The lowest BCUT2D eigenvalue weighted by molar-refractivity contribution is -0.143. The molecule has 3 heterocycles. The van der Waals surface area contributed by atoms with Crippen LogP contribution in [0.15, 0.2) is 18.2 Å². The molecule has 1 N–H and O–H groups in total. The molecule has 2 aliphatic heterocycles. The van der Waals surface area contributed by atoms with E-state index in [-0.39, 0.29) is 66.1 Å². The molecule has 1 aromatic heterocycles. The summed E-state index contributed by atoms with van der Waals surface area (Å²) >= 11 is 5.77. The van der Waals surface area contributed by atoms with E-state index >= 15 is 0 Å². The lowest BCUT2D eigenvalue weighted by atomic mass is 9.99. The summed E-state index contributed by atoms with van der Waals surface area (Å²) in [5.74, 6) is -2.02. The minimum atomic E-state index is -4.68. The van der Waals surface area contributed by atoms with Gasteiger partial charge in [-0.05, 0) is 37.9 Å². The number of carbonyl (C=O) groups is 2. The van der Waals surface area contributed by atoms with E-state index in [0.29, 0.717) is 13.0 Å². The van der Waals surface area contributed by atoms with Crippen molar-refractivity contribution in [3.63, 3.8) is 0 Å². The van der Waals surface area contributed by atoms with E-state index in [4.69, 9.17) is 11.6 Å². The van der Waals surface area contributed by atoms with Gasteiger partial charge in [-0.2, -0.15) is 18.3 Å². The van der Waals surface area contributed by atoms with Gasteiger partial charge < -0.3 is 10.0 Å². The summed E-state index contributed by atoms with van der Waals surface area (Å²) < 4.78 is 56.3. The second kappa shape index (κ2) is 9.18. The fourth-order valence-corrected chi connectivity index (χ4v) is 4.94. The van der Waals surface area contributed by atoms with E-state index in [0.717, 1.165) is 10.7 Å². The Kier molecular flexibility index (Phi) is 6.61. The number of benzene rings is 1. The molecule has 1 fully saturated rings. The van der Waals surface area contributed by atoms with Crippen molar-refractivity contribution in [2.45, 2.75) is 44.6 Å². The Labute approximate surface area is 197 Å². The maximum Gasteiger partial charge on any atom is 0.435 e. The molecule has 34 heavy (non-hydrogen) atoms. The van der Waals surface area contributed by atoms with Gasteiger partial charge in [-0.15, -0.1) is 0 Å². The van der Waals surface area contributed by atoms with Gasteiger partial charge in [-0.3, -0.25) is 19.2 Å². The molecule has 184 valence electrons. The maximum atomic E-state index is 14.3. The van der Waals surface area contributed by atoms with E-state index in [1.165, 1.54) is 17.0 Å². The Bertz CT molecular complexity index is 1120. The minimum Gasteiger partial charge on any atom is -0.480 e. The Hall–Kier alpha value is -2.66. The number of carbonyl (C=O) groups excluding carboxylic acids is 1. The molecule has 2 unspecified atom stereocenters. The van der Waals surface area contributed by atoms with Crippen molar-refractivity contribution in [3.8, 4) is 0 Å². The van der Waals surface area contributed by atoms with Crippen molar-refractivity contribution in [1.82, 2.24) is 19.6 Å². The Morgan fingerprint density at radius 2 is 2.03 bits per heavy atom. The zero-order valence-electron chi connectivity index (χ0n) is 18.3. The molecule has 0 spiro atoms. The highest BCUT2D eigenvalue weighted by molar-refractivity contribution is 6.30. The van der Waals surface area contributed by atoms with Crippen LogP contribution < -0.4 is 0 Å². The van der Waals surface area contributed by atoms with Crippen molar-refractivity contribution in [2.24, 2.45) is 5.92 Å². The van der Waals surface area contributed by atoms with Gasteiger partial charge in [0.05, 0.1) is 18.8 Å². The number of likely N-dealkylation sites (tertiary alicyclic amines) is 1. The fourth-order valence-electron chi connectivity index (χ4n) is 4.78. The number of likely N-dealkylation sites (N-methyl/N-ethyl adjacent to an activating group) is 1. The van der Waals surface area contributed by atoms with Crippen molar-refractivity contribution in [3.05, 3.63) is 51.6 Å². The van der Waals surface area contributed by atoms with Crippen LogP contribution in [0.5, 0.6) is 0 Å². The van der Waals surface area contributed by atoms with Crippen LogP contribution in [0.3, 0.4) is 0 Å². The average Bonchev–Trinajstić information content (AvgIpc) is 3.30. The highest BCUT2D eigenvalue weighted by atomic mass is 35.5. The van der Waals surface area contributed by atoms with Crippen LogP contribution in [0.2, 0.25) is 5.02 Å². The molecule has 0 bridgehead atoms. The first kappa shape index (κ1) is 24.5. The summed E-state index contributed by atoms with van der Waals surface area (Å²) in [5, 5.41) is 13.2. The monoisotopic (exact) mass is 502 g/mol. The first-order valence-corrected chi connectivity index (χ1v) is 11.1. The van der Waals surface area contributed by atoms with E-state index in [1.807, 2.05) is 0 Å². The number of aliphatic carboxylic acids is 1. The molecule has 0 radical (unpaired) electrons. The third-order valence-corrected chi connectivity index (χ3v) is 6.71. The summed E-state index contributed by atoms with van der Waals surface area (Å²) in [6.07, 6.45) is -4.26. The number of rotatable bonds is 5. The molecule has 7 nitrogen and oxygen atoms in total. The smallest absolute Gasteiger partial charge is 0.435 e. The number of carboxylic acids is 1. The summed E-state index contributed by atoms with van der Waals surface area (Å²) in [6, 6.07) is 3.26. The van der Waals surface area contributed by atoms with Crippen LogP contribution in [0, 0.1) is 11.7 Å². The number of aromatic nitrogens is 2. The topological polar surface area (TPSA) is 78.7 Å². The van der Waals surface area contributed by atoms with Gasteiger partial charge in [0.2, 0.25) is 5.91 Å². The van der Waals surface area contributed by atoms with Crippen molar-refractivity contribution in [1.29, 1.82) is 0 Å². The number of carboxylic acid groups (broad SMARTS) is 1. The average molecular weight is 503 g/mol. The van der Waals surface area contributed by atoms with Crippen LogP contribution in [0.4, 0.5) is 17.6 Å². The summed E-state index contributed by atoms with van der Waals surface area (Å²) in [6.45, 7) is 0.225. The van der Waals surface area contributed by atoms with Crippen LogP contribution >= 0.6 is 11.6 Å². The predicted molar refractivity (Wildman–Crippen MR) is 114 cm³/mol. The molecule has 4 rings (SSSR count). The van der Waals surface area contributed by atoms with Crippen LogP contribution in [0.1, 0.15) is 35.4 Å². The standard InChI is InChI=1S/C22H23ClF4N4O3/c1-29-9-12(6-17(29)21(33)34)7-19(32)30-5-4-15-18(11-30)31(28-20(15)22(25,26)27)10-13-2-3-14(23)8-16(13)24/h2-3,8,12,17H,4-7,9-11H2,1H3,(H,33,34). The number of amides is 1. The number of fused-ring (bicyclic) bond motifs is 1. The van der Waals surface area contributed by atoms with Gasteiger partial charge in [0.25, 0.3) is 0 Å². The first-order chi connectivity index (χ1) is 15.9. The molecule has 0 aliphatic carbocycles. The second-order valence-corrected chi connectivity index (χ2v) is 9.27. The predicted octanol–water partition coefficient (Wildman–Crippen LogP) is 3.42. The zero-order chi connectivity index (χ0) is 24.8. The number of alkyl halides is 3. The van der Waals surface area contributed by atoms with E-state index < -0.39 is 29.7 Å². The molecule has 1 saturated heterocycles. The number of nitrogens with zero attached hydrogens (tertiary/aromatic N) is 4. The van der Waals surface area contributed by atoms with Gasteiger partial charge in [0.1, 0.15) is 11.9 Å². The first-order valence-electron chi connectivity index (χ1n) is 10.7. The highest BCUT2D eigenvalue weighted by Crippen LogP contribution is 2.36. The van der Waals surface area contributed by atoms with Crippen LogP contribution in [-0.4, -0.2) is 62.7 Å². The number of halogens is 5. The number of hydrogen-bond acceptors (Lipinski definition) is 4.